The fourth-order valence-electron chi connectivity index (χ4n) is 7.93. The van der Waals surface area contributed by atoms with Crippen LogP contribution in [0, 0.1) is 5.92 Å². The molecule has 18 aliphatic heterocycles. The Labute approximate surface area is 411 Å². The Bertz CT molecular complexity index is 1250. The van der Waals surface area contributed by atoms with Crippen molar-refractivity contribution < 1.29 is 75.8 Å². The summed E-state index contributed by atoms with van der Waals surface area (Å²) >= 11 is 14.6. The van der Waals surface area contributed by atoms with Gasteiger partial charge in [-0.2, -0.15) is 94.1 Å². The normalized spacial score (nSPS) is 45.0. The lowest BCUT2D eigenvalue weighted by molar-refractivity contribution is -0.370. The monoisotopic (exact) mass is 1060 g/mol. The molecule has 18 fully saturated rings. The Morgan fingerprint density at radius 2 is 0.406 bits per heavy atom. The number of hydrogen-bond acceptors (Lipinski definition) is 24. The fourth-order valence-corrected chi connectivity index (χ4v) is 16.0. The van der Waals surface area contributed by atoms with Crippen LogP contribution in [0.15, 0.2) is 0 Å². The van der Waals surface area contributed by atoms with E-state index >= 15 is 0 Å². The molecule has 0 radical (unpaired) electrons. The Balaban J connectivity index is 0.680. The van der Waals surface area contributed by atoms with Crippen molar-refractivity contribution in [2.75, 3.05) is 145 Å². The van der Waals surface area contributed by atoms with Gasteiger partial charge in [0.2, 0.25) is 0 Å². The first-order chi connectivity index (χ1) is 31.7. The van der Waals surface area contributed by atoms with Gasteiger partial charge in [-0.15, -0.1) is 0 Å². The maximum absolute atomic E-state index is 6.24. The standard InChI is InChI=1S/C40H64O16S8/c1-3-59-19-34-45-13-30-28(51-34)15-47-36(53-30)21-61-5-7-63-23-38-41-9-25-10-42-39(56-40(25)55-38)24-64-8-6-62-22-37-48-16-29-31(54-37)14-46-35(52-29)20-60-4-2-58-18-33-44-12-26-27(50-33)11-43-32(49-26)17-57-1/h25-40H,1-24H2/t25?,26-,27-,28-,29+,30-,31?,32+,33+,34-,35+,36-,37+,38-,39+,40?/m0/s1. The van der Waals surface area contributed by atoms with E-state index in [1.807, 2.05) is 94.1 Å². The molecule has 15 bridgehead atoms. The second kappa shape index (κ2) is 27.8. The zero-order valence-corrected chi connectivity index (χ0v) is 42.5. The Morgan fingerprint density at radius 1 is 0.219 bits per heavy atom. The number of hydrogen-bond donors (Lipinski definition) is 0. The molecule has 0 saturated carbocycles. The van der Waals surface area contributed by atoms with Gasteiger partial charge in [-0.25, -0.2) is 0 Å². The summed E-state index contributed by atoms with van der Waals surface area (Å²) in [6.07, 6.45) is -3.06. The van der Waals surface area contributed by atoms with Crippen LogP contribution in [0.1, 0.15) is 0 Å². The molecule has 0 aromatic rings. The molecule has 0 N–H and O–H groups in total. The fraction of sp³-hybridized carbons (Fsp3) is 1.00. The molecule has 64 heavy (non-hydrogen) atoms. The van der Waals surface area contributed by atoms with Gasteiger partial charge in [0.25, 0.3) is 0 Å². The van der Waals surface area contributed by atoms with Gasteiger partial charge in [-0.05, 0) is 0 Å². The smallest absolute Gasteiger partial charge is 0.171 e. The second-order valence-corrected chi connectivity index (χ2v) is 25.3. The van der Waals surface area contributed by atoms with Crippen molar-refractivity contribution in [1.82, 2.24) is 0 Å². The Morgan fingerprint density at radius 3 is 0.625 bits per heavy atom. The first-order valence-electron chi connectivity index (χ1n) is 22.5. The highest BCUT2D eigenvalue weighted by Crippen LogP contribution is 2.32. The van der Waals surface area contributed by atoms with Crippen LogP contribution in [0.3, 0.4) is 0 Å². The molecule has 0 aromatic carbocycles. The van der Waals surface area contributed by atoms with Crippen molar-refractivity contribution in [3.05, 3.63) is 0 Å². The van der Waals surface area contributed by atoms with E-state index in [-0.39, 0.29) is 99.2 Å². The first-order valence-corrected chi connectivity index (χ1v) is 31.7. The largest absolute Gasteiger partial charge is 0.351 e. The molecule has 16 nitrogen and oxygen atoms in total. The molecule has 368 valence electrons. The van der Waals surface area contributed by atoms with E-state index in [0.29, 0.717) is 52.9 Å². The zero-order valence-electron chi connectivity index (χ0n) is 36.0. The lowest BCUT2D eigenvalue weighted by atomic mass is 10.1. The highest BCUT2D eigenvalue weighted by Gasteiger charge is 2.42. The van der Waals surface area contributed by atoms with Crippen molar-refractivity contribution in [3.8, 4) is 0 Å². The van der Waals surface area contributed by atoms with E-state index in [0.717, 1.165) is 92.0 Å². The van der Waals surface area contributed by atoms with Gasteiger partial charge in [0, 0.05) is 92.0 Å². The number of rotatable bonds is 0. The van der Waals surface area contributed by atoms with Gasteiger partial charge in [0.1, 0.15) is 36.6 Å². The highest BCUT2D eigenvalue weighted by atomic mass is 32.2. The van der Waals surface area contributed by atoms with E-state index in [9.17, 15) is 0 Å². The van der Waals surface area contributed by atoms with E-state index in [2.05, 4.69) is 0 Å². The zero-order chi connectivity index (χ0) is 43.2. The second-order valence-electron chi connectivity index (χ2n) is 16.2. The number of ether oxygens (including phenoxy) is 16. The van der Waals surface area contributed by atoms with Gasteiger partial charge in [-0.1, -0.05) is 0 Å². The van der Waals surface area contributed by atoms with Crippen molar-refractivity contribution in [2.24, 2.45) is 5.92 Å². The number of fused-ring (bicyclic) bond motifs is 1. The molecule has 0 spiro atoms. The van der Waals surface area contributed by atoms with Crippen molar-refractivity contribution in [1.29, 1.82) is 0 Å². The molecule has 16 atom stereocenters. The predicted molar refractivity (Wildman–Crippen MR) is 255 cm³/mol. The van der Waals surface area contributed by atoms with Crippen LogP contribution in [0.25, 0.3) is 0 Å². The summed E-state index contributed by atoms with van der Waals surface area (Å²) in [5.41, 5.74) is 0. The lowest BCUT2D eigenvalue weighted by Gasteiger charge is -2.41. The van der Waals surface area contributed by atoms with Gasteiger partial charge < -0.3 is 75.8 Å². The van der Waals surface area contributed by atoms with Crippen LogP contribution < -0.4 is 0 Å². The molecule has 0 aromatic heterocycles. The number of thioether (sulfide) groups is 8. The summed E-state index contributed by atoms with van der Waals surface area (Å²) in [7, 11) is 0. The highest BCUT2D eigenvalue weighted by molar-refractivity contribution is 8.04. The van der Waals surface area contributed by atoms with Gasteiger partial charge in [0.05, 0.1) is 58.8 Å². The summed E-state index contributed by atoms with van der Waals surface area (Å²) in [6.45, 7) is 4.29. The lowest BCUT2D eigenvalue weighted by Crippen LogP contribution is -2.54. The Kier molecular flexibility index (Phi) is 22.2. The van der Waals surface area contributed by atoms with E-state index in [1.165, 1.54) is 0 Å². The minimum atomic E-state index is -0.302. The minimum absolute atomic E-state index is 0.0913. The van der Waals surface area contributed by atoms with Crippen LogP contribution >= 0.6 is 94.1 Å². The van der Waals surface area contributed by atoms with Crippen LogP contribution in [0.5, 0.6) is 0 Å². The molecule has 24 heteroatoms. The molecular weight excluding hydrogens is 993 g/mol. The van der Waals surface area contributed by atoms with Crippen molar-refractivity contribution in [3.63, 3.8) is 0 Å². The SMILES string of the molecule is C1CSC[C@@H]2OC[C@H]3O[C@H](CSCCSC[C@@H]4OC[C@@H]5O[C@H](CSCCSC[C@H]6OC[C@@H]7O[C@@H](CSCCSC[C@H]8OCC9CO[C@@H](CS1)OC9O8)OC[C@@H]7O6)OC[C@@H]5O4)OCC3O2. The molecule has 0 amide bonds. The van der Waals surface area contributed by atoms with Crippen LogP contribution in [-0.2, 0) is 75.8 Å². The topological polar surface area (TPSA) is 148 Å². The summed E-state index contributed by atoms with van der Waals surface area (Å²) in [4.78, 5) is 0. The van der Waals surface area contributed by atoms with Crippen molar-refractivity contribution in [2.45, 2.75) is 93.2 Å². The predicted octanol–water partition coefficient (Wildman–Crippen LogP) is 4.00. The summed E-state index contributed by atoms with van der Waals surface area (Å²) in [5, 5.41) is 0. The van der Waals surface area contributed by atoms with Gasteiger partial charge in [-0.3, -0.25) is 0 Å². The summed E-state index contributed by atoms with van der Waals surface area (Å²) < 4.78 is 98.1. The maximum atomic E-state index is 6.24. The van der Waals surface area contributed by atoms with Crippen LogP contribution in [0.4, 0.5) is 0 Å². The van der Waals surface area contributed by atoms with Crippen LogP contribution in [0.2, 0.25) is 0 Å². The van der Waals surface area contributed by atoms with E-state index in [4.69, 9.17) is 75.8 Å². The third kappa shape index (κ3) is 16.1. The third-order valence-corrected chi connectivity index (χ3v) is 20.4. The van der Waals surface area contributed by atoms with Crippen LogP contribution in [-0.4, -0.2) is 238 Å². The summed E-state index contributed by atoms with van der Waals surface area (Å²) in [5.74, 6) is 14.0. The minimum Gasteiger partial charge on any atom is -0.351 e. The quantitative estimate of drug-likeness (QED) is 0.344. The molecular formula is C40H64O16S8. The molecule has 0 aliphatic carbocycles. The van der Waals surface area contributed by atoms with E-state index in [1.54, 1.807) is 0 Å². The molecule has 18 saturated heterocycles. The average molecular weight is 1060 g/mol. The average Bonchev–Trinajstić information content (AvgIpc) is 3.32. The van der Waals surface area contributed by atoms with Gasteiger partial charge in [0.15, 0.2) is 56.6 Å². The molecule has 18 rings (SSSR count). The molecule has 3 unspecified atom stereocenters. The van der Waals surface area contributed by atoms with Gasteiger partial charge >= 0.3 is 0 Å². The maximum Gasteiger partial charge on any atom is 0.171 e. The third-order valence-electron chi connectivity index (χ3n) is 11.4. The van der Waals surface area contributed by atoms with E-state index < -0.39 is 0 Å². The molecule has 18 heterocycles. The first kappa shape index (κ1) is 51.1. The Hall–Kier alpha value is 2.16. The molecule has 18 aliphatic rings. The van der Waals surface area contributed by atoms with Crippen molar-refractivity contribution >= 4 is 94.1 Å². The summed E-state index contributed by atoms with van der Waals surface area (Å²) in [6, 6.07) is 0.